The van der Waals surface area contributed by atoms with Gasteiger partial charge < -0.3 is 15.2 Å². The number of carbonyl (C=O) groups is 2. The van der Waals surface area contributed by atoms with Gasteiger partial charge >= 0.3 is 11.9 Å². The Labute approximate surface area is 177 Å². The lowest BCUT2D eigenvalue weighted by Gasteiger charge is -2.08. The van der Waals surface area contributed by atoms with E-state index in [1.807, 2.05) is 25.1 Å². The molecule has 0 bridgehead atoms. The highest BCUT2D eigenvalue weighted by Gasteiger charge is 2.16. The second-order valence-electron chi connectivity index (χ2n) is 6.37. The highest BCUT2D eigenvalue weighted by molar-refractivity contribution is 7.30. The zero-order valence-corrected chi connectivity index (χ0v) is 18.0. The van der Waals surface area contributed by atoms with E-state index in [2.05, 4.69) is 0 Å². The van der Waals surface area contributed by atoms with E-state index in [9.17, 15) is 9.59 Å². The van der Waals surface area contributed by atoms with Gasteiger partial charge in [-0.25, -0.2) is 9.59 Å². The number of carbonyl (C=O) groups excluding carboxylic acids is 2. The number of ether oxygens (including phenoxy) is 2. The number of nitrogens with two attached hydrogens (primary N) is 1. The molecule has 0 aliphatic rings. The van der Waals surface area contributed by atoms with Crippen molar-refractivity contribution in [3.8, 4) is 0 Å². The van der Waals surface area contributed by atoms with Crippen LogP contribution in [0.2, 0.25) is 0 Å². The maximum atomic E-state index is 12.6. The summed E-state index contributed by atoms with van der Waals surface area (Å²) in [7, 11) is 0. The molecule has 0 saturated carbocycles. The molecule has 5 nitrogen and oxygen atoms in total. The van der Waals surface area contributed by atoms with Crippen LogP contribution in [0.4, 0.5) is 5.00 Å². The third-order valence-corrected chi connectivity index (χ3v) is 6.26. The fourth-order valence-corrected chi connectivity index (χ4v) is 4.86. The van der Waals surface area contributed by atoms with Gasteiger partial charge in [0.2, 0.25) is 0 Å². The van der Waals surface area contributed by atoms with Crippen LogP contribution in [0, 0.1) is 0 Å². The lowest BCUT2D eigenvalue weighted by Crippen LogP contribution is -2.08. The van der Waals surface area contributed by atoms with Gasteiger partial charge in [0.15, 0.2) is 0 Å². The van der Waals surface area contributed by atoms with Crippen molar-refractivity contribution in [3.63, 3.8) is 0 Å². The van der Waals surface area contributed by atoms with E-state index < -0.39 is 5.97 Å². The molecule has 0 amide bonds. The van der Waals surface area contributed by atoms with Gasteiger partial charge in [0, 0.05) is 14.3 Å². The zero-order valence-electron chi connectivity index (χ0n) is 16.4. The van der Waals surface area contributed by atoms with Crippen molar-refractivity contribution >= 4 is 60.7 Å². The molecule has 29 heavy (non-hydrogen) atoms. The third-order valence-electron chi connectivity index (χ3n) is 4.19. The molecular formula is C22H23NO4S2. The molecule has 2 heterocycles. The molecule has 0 aliphatic carbocycles. The number of hydrogen-bond acceptors (Lipinski definition) is 7. The molecule has 0 unspecified atom stereocenters. The number of anilines is 1. The van der Waals surface area contributed by atoms with Crippen LogP contribution in [0.25, 0.3) is 21.0 Å². The molecule has 0 atom stereocenters. The van der Waals surface area contributed by atoms with Crippen LogP contribution in [-0.4, -0.2) is 25.2 Å². The number of nitrogen functional groups attached to an aromatic ring is 1. The van der Waals surface area contributed by atoms with Crippen molar-refractivity contribution in [2.45, 2.75) is 26.7 Å². The Morgan fingerprint density at radius 3 is 2.34 bits per heavy atom. The molecule has 152 valence electrons. The summed E-state index contributed by atoms with van der Waals surface area (Å²) in [5.74, 6) is -0.759. The van der Waals surface area contributed by atoms with Crippen molar-refractivity contribution in [1.29, 1.82) is 0 Å². The minimum atomic E-state index is -0.401. The van der Waals surface area contributed by atoms with Crippen LogP contribution in [-0.2, 0) is 14.3 Å². The van der Waals surface area contributed by atoms with Crippen molar-refractivity contribution in [2.75, 3.05) is 18.9 Å². The van der Waals surface area contributed by atoms with E-state index in [-0.39, 0.29) is 12.6 Å². The fourth-order valence-electron chi connectivity index (χ4n) is 2.73. The number of unbranched alkanes of at least 4 members (excludes halogenated alkanes) is 1. The first-order valence-electron chi connectivity index (χ1n) is 9.47. The molecule has 7 heteroatoms. The Balaban J connectivity index is 1.87. The number of esters is 2. The molecule has 2 N–H and O–H groups in total. The standard InChI is InChI=1S/C22H23NO4S2/c1-3-5-10-27-21(24)15-8-6-14(7-9-15)17(22(25)26-4-2)11-16-12-18-19(28-16)13-20(23)29-18/h6-9,11-13H,3-5,10,23H2,1-2H3/b17-11-. The minimum absolute atomic E-state index is 0.286. The molecule has 2 aromatic heterocycles. The average molecular weight is 430 g/mol. The second-order valence-corrected chi connectivity index (χ2v) is 8.60. The molecule has 3 rings (SSSR count). The van der Waals surface area contributed by atoms with Gasteiger partial charge in [0.25, 0.3) is 0 Å². The summed E-state index contributed by atoms with van der Waals surface area (Å²) >= 11 is 3.09. The lowest BCUT2D eigenvalue weighted by atomic mass is 10.0. The summed E-state index contributed by atoms with van der Waals surface area (Å²) in [5, 5.41) is 0.772. The number of fused-ring (bicyclic) bond motifs is 1. The van der Waals surface area contributed by atoms with Gasteiger partial charge in [-0.05, 0) is 49.2 Å². The first kappa shape index (κ1) is 21.1. The highest BCUT2D eigenvalue weighted by atomic mass is 32.1. The van der Waals surface area contributed by atoms with Crippen molar-refractivity contribution in [2.24, 2.45) is 0 Å². The van der Waals surface area contributed by atoms with Gasteiger partial charge in [-0.15, -0.1) is 22.7 Å². The van der Waals surface area contributed by atoms with Gasteiger partial charge in [-0.3, -0.25) is 0 Å². The summed E-state index contributed by atoms with van der Waals surface area (Å²) in [5.41, 5.74) is 7.43. The van der Waals surface area contributed by atoms with E-state index in [1.54, 1.807) is 42.5 Å². The quantitative estimate of drug-likeness (QED) is 0.286. The van der Waals surface area contributed by atoms with E-state index in [0.717, 1.165) is 32.1 Å². The maximum absolute atomic E-state index is 12.6. The van der Waals surface area contributed by atoms with Gasteiger partial charge in [-0.1, -0.05) is 25.5 Å². The SMILES string of the molecule is CCCCOC(=O)c1ccc(/C(=C/c2cc3sc(N)cc3s2)C(=O)OCC)cc1. The Morgan fingerprint density at radius 1 is 1.00 bits per heavy atom. The first-order valence-corrected chi connectivity index (χ1v) is 11.1. The molecule has 0 aliphatic heterocycles. The summed E-state index contributed by atoms with van der Waals surface area (Å²) in [6.07, 6.45) is 3.62. The summed E-state index contributed by atoms with van der Waals surface area (Å²) in [6, 6.07) is 10.8. The Morgan fingerprint density at radius 2 is 1.69 bits per heavy atom. The largest absolute Gasteiger partial charge is 0.462 e. The normalized spacial score (nSPS) is 11.6. The third kappa shape index (κ3) is 5.25. The monoisotopic (exact) mass is 429 g/mol. The predicted octanol–water partition coefficient (Wildman–Crippen LogP) is 5.61. The molecular weight excluding hydrogens is 406 g/mol. The summed E-state index contributed by atoms with van der Waals surface area (Å²) < 4.78 is 12.6. The van der Waals surface area contributed by atoms with E-state index >= 15 is 0 Å². The van der Waals surface area contributed by atoms with Crippen LogP contribution in [0.1, 0.15) is 47.5 Å². The average Bonchev–Trinajstić information content (AvgIpc) is 3.23. The Kier molecular flexibility index (Phi) is 7.06. The van der Waals surface area contributed by atoms with Crippen molar-refractivity contribution < 1.29 is 19.1 Å². The molecule has 1 aromatic carbocycles. The molecule has 0 spiro atoms. The topological polar surface area (TPSA) is 78.6 Å². The van der Waals surface area contributed by atoms with Crippen LogP contribution >= 0.6 is 22.7 Å². The van der Waals surface area contributed by atoms with Crippen LogP contribution in [0.3, 0.4) is 0 Å². The molecule has 0 saturated heterocycles. The van der Waals surface area contributed by atoms with E-state index in [4.69, 9.17) is 15.2 Å². The zero-order chi connectivity index (χ0) is 20.8. The predicted molar refractivity (Wildman–Crippen MR) is 120 cm³/mol. The molecule has 0 radical (unpaired) electrons. The lowest BCUT2D eigenvalue weighted by molar-refractivity contribution is -0.136. The van der Waals surface area contributed by atoms with Crippen LogP contribution in [0.5, 0.6) is 0 Å². The number of rotatable bonds is 8. The summed E-state index contributed by atoms with van der Waals surface area (Å²) in [4.78, 5) is 25.6. The van der Waals surface area contributed by atoms with Crippen molar-refractivity contribution in [3.05, 3.63) is 52.4 Å². The summed E-state index contributed by atoms with van der Waals surface area (Å²) in [6.45, 7) is 4.51. The Bertz CT molecular complexity index is 999. The number of thiophene rings is 2. The van der Waals surface area contributed by atoms with Gasteiger partial charge in [-0.2, -0.15) is 0 Å². The van der Waals surface area contributed by atoms with Crippen LogP contribution in [0.15, 0.2) is 36.4 Å². The fraction of sp³-hybridized carbons (Fsp3) is 0.273. The second kappa shape index (κ2) is 9.71. The smallest absolute Gasteiger partial charge is 0.338 e. The number of hydrogen-bond donors (Lipinski definition) is 1. The highest BCUT2D eigenvalue weighted by Crippen LogP contribution is 2.36. The molecule has 0 fully saturated rings. The maximum Gasteiger partial charge on any atom is 0.338 e. The van der Waals surface area contributed by atoms with Gasteiger partial charge in [0.05, 0.1) is 29.4 Å². The van der Waals surface area contributed by atoms with E-state index in [0.29, 0.717) is 23.3 Å². The first-order chi connectivity index (χ1) is 14.0. The minimum Gasteiger partial charge on any atom is -0.462 e. The van der Waals surface area contributed by atoms with Gasteiger partial charge in [0.1, 0.15) is 0 Å². The van der Waals surface area contributed by atoms with E-state index in [1.165, 1.54) is 11.3 Å². The number of benzene rings is 1. The van der Waals surface area contributed by atoms with Crippen molar-refractivity contribution in [1.82, 2.24) is 0 Å². The Hall–Kier alpha value is -2.64. The molecule has 3 aromatic rings. The van der Waals surface area contributed by atoms with Crippen LogP contribution < -0.4 is 5.73 Å².